The van der Waals surface area contributed by atoms with Crippen molar-refractivity contribution in [2.45, 2.75) is 51.0 Å². The van der Waals surface area contributed by atoms with Crippen molar-refractivity contribution in [3.63, 3.8) is 0 Å². The number of amides is 1. The van der Waals surface area contributed by atoms with Gasteiger partial charge in [-0.1, -0.05) is 12.8 Å². The Bertz CT molecular complexity index is 599. The van der Waals surface area contributed by atoms with Crippen molar-refractivity contribution >= 4 is 11.6 Å². The molecule has 1 aromatic rings. The lowest BCUT2D eigenvalue weighted by molar-refractivity contribution is -0.122. The fourth-order valence-corrected chi connectivity index (χ4v) is 3.68. The Morgan fingerprint density at radius 3 is 2.61 bits per heavy atom. The number of piperidine rings is 1. The Labute approximate surface area is 136 Å². The van der Waals surface area contributed by atoms with Crippen LogP contribution in [-0.4, -0.2) is 34.8 Å². The summed E-state index contributed by atoms with van der Waals surface area (Å²) in [6.07, 6.45) is 9.25. The summed E-state index contributed by atoms with van der Waals surface area (Å²) in [6, 6.07) is 1.89. The summed E-state index contributed by atoms with van der Waals surface area (Å²) in [5.41, 5.74) is 0.790. The van der Waals surface area contributed by atoms with E-state index in [1.54, 1.807) is 19.3 Å². The fourth-order valence-electron chi connectivity index (χ4n) is 3.68. The molecule has 3 rings (SSSR count). The number of nitrogens with zero attached hydrogens (tertiary/aromatic N) is 3. The third-order valence-corrected chi connectivity index (χ3v) is 5.13. The molecule has 1 saturated heterocycles. The molecule has 6 nitrogen and oxygen atoms in total. The van der Waals surface area contributed by atoms with E-state index in [-0.39, 0.29) is 17.5 Å². The average Bonchev–Trinajstić information content (AvgIpc) is 3.03. The van der Waals surface area contributed by atoms with E-state index in [0.717, 1.165) is 31.6 Å². The maximum absolute atomic E-state index is 12.1. The van der Waals surface area contributed by atoms with E-state index in [1.165, 1.54) is 30.4 Å². The lowest BCUT2D eigenvalue weighted by Crippen LogP contribution is -2.45. The average molecular weight is 318 g/mol. The highest BCUT2D eigenvalue weighted by molar-refractivity contribution is 5.76. The van der Waals surface area contributed by atoms with Crippen molar-refractivity contribution in [2.24, 2.45) is 13.0 Å². The topological polar surface area (TPSA) is 67.2 Å². The second-order valence-electron chi connectivity index (χ2n) is 6.86. The molecule has 1 aliphatic carbocycles. The summed E-state index contributed by atoms with van der Waals surface area (Å²) in [5, 5.41) is 7.26. The number of aromatic nitrogens is 2. The minimum atomic E-state index is -0.0884. The molecule has 2 heterocycles. The number of anilines is 1. The summed E-state index contributed by atoms with van der Waals surface area (Å²) in [6.45, 7) is 1.70. The van der Waals surface area contributed by atoms with Crippen molar-refractivity contribution in [1.82, 2.24) is 15.1 Å². The van der Waals surface area contributed by atoms with Crippen LogP contribution >= 0.6 is 0 Å². The van der Waals surface area contributed by atoms with Crippen LogP contribution < -0.4 is 15.8 Å². The van der Waals surface area contributed by atoms with Crippen LogP contribution in [0.15, 0.2) is 17.1 Å². The van der Waals surface area contributed by atoms with Crippen LogP contribution in [0.3, 0.4) is 0 Å². The molecule has 0 atom stereocenters. The first-order valence-electron chi connectivity index (χ1n) is 8.69. The van der Waals surface area contributed by atoms with Gasteiger partial charge in [0.2, 0.25) is 5.91 Å². The molecule has 1 N–H and O–H groups in total. The van der Waals surface area contributed by atoms with Crippen molar-refractivity contribution in [1.29, 1.82) is 0 Å². The largest absolute Gasteiger partial charge is 0.370 e. The molecule has 126 valence electrons. The lowest BCUT2D eigenvalue weighted by Gasteiger charge is -2.33. The van der Waals surface area contributed by atoms with Gasteiger partial charge in [-0.05, 0) is 31.6 Å². The minimum absolute atomic E-state index is 0.0884. The monoisotopic (exact) mass is 318 g/mol. The molecule has 1 amide bonds. The minimum Gasteiger partial charge on any atom is -0.370 e. The fraction of sp³-hybridized carbons (Fsp3) is 0.706. The molecule has 23 heavy (non-hydrogen) atoms. The number of rotatable bonds is 4. The van der Waals surface area contributed by atoms with Gasteiger partial charge in [0.15, 0.2) is 0 Å². The van der Waals surface area contributed by atoms with Gasteiger partial charge >= 0.3 is 0 Å². The smallest absolute Gasteiger partial charge is 0.268 e. The summed E-state index contributed by atoms with van der Waals surface area (Å²) >= 11 is 0. The molecule has 0 aromatic carbocycles. The van der Waals surface area contributed by atoms with Crippen LogP contribution in [0, 0.1) is 5.92 Å². The molecule has 0 radical (unpaired) electrons. The van der Waals surface area contributed by atoms with E-state index in [9.17, 15) is 9.59 Å². The lowest BCUT2D eigenvalue weighted by atomic mass is 10.0. The molecule has 0 bridgehead atoms. The highest BCUT2D eigenvalue weighted by Crippen LogP contribution is 2.27. The number of hydrogen-bond acceptors (Lipinski definition) is 4. The molecule has 0 unspecified atom stereocenters. The second-order valence-corrected chi connectivity index (χ2v) is 6.86. The maximum Gasteiger partial charge on any atom is 0.268 e. The summed E-state index contributed by atoms with van der Waals surface area (Å²) in [4.78, 5) is 26.0. The van der Waals surface area contributed by atoms with Gasteiger partial charge in [0, 0.05) is 38.7 Å². The van der Waals surface area contributed by atoms with Gasteiger partial charge < -0.3 is 10.2 Å². The Hall–Kier alpha value is -1.85. The first-order chi connectivity index (χ1) is 11.1. The van der Waals surface area contributed by atoms with Gasteiger partial charge in [-0.3, -0.25) is 9.59 Å². The van der Waals surface area contributed by atoms with E-state index in [0.29, 0.717) is 12.3 Å². The highest BCUT2D eigenvalue weighted by atomic mass is 16.1. The highest BCUT2D eigenvalue weighted by Gasteiger charge is 2.23. The third-order valence-electron chi connectivity index (χ3n) is 5.13. The van der Waals surface area contributed by atoms with Gasteiger partial charge in [-0.15, -0.1) is 0 Å². The number of carbonyl (C=O) groups excluding carboxylic acids is 1. The Morgan fingerprint density at radius 2 is 1.96 bits per heavy atom. The van der Waals surface area contributed by atoms with Gasteiger partial charge in [0.1, 0.15) is 0 Å². The maximum atomic E-state index is 12.1. The number of aryl methyl sites for hydroxylation is 1. The van der Waals surface area contributed by atoms with Crippen LogP contribution in [0.1, 0.15) is 44.9 Å². The molecule has 0 spiro atoms. The molecule has 2 fully saturated rings. The zero-order valence-corrected chi connectivity index (χ0v) is 13.8. The second kappa shape index (κ2) is 7.15. The summed E-state index contributed by atoms with van der Waals surface area (Å²) in [5.74, 6) is 0.812. The normalized spacial score (nSPS) is 20.0. The van der Waals surface area contributed by atoms with Gasteiger partial charge in [-0.25, -0.2) is 4.68 Å². The van der Waals surface area contributed by atoms with E-state index in [1.807, 2.05) is 0 Å². The van der Waals surface area contributed by atoms with Gasteiger partial charge in [0.05, 0.1) is 11.9 Å². The molecule has 6 heteroatoms. The van der Waals surface area contributed by atoms with Gasteiger partial charge in [-0.2, -0.15) is 5.10 Å². The molecular formula is C17H26N4O2. The number of carbonyl (C=O) groups is 1. The van der Waals surface area contributed by atoms with Crippen LogP contribution in [0.4, 0.5) is 5.69 Å². The molecular weight excluding hydrogens is 292 g/mol. The van der Waals surface area contributed by atoms with E-state index in [4.69, 9.17) is 0 Å². The zero-order chi connectivity index (χ0) is 16.2. The summed E-state index contributed by atoms with van der Waals surface area (Å²) < 4.78 is 1.33. The van der Waals surface area contributed by atoms with E-state index < -0.39 is 0 Å². The van der Waals surface area contributed by atoms with Crippen LogP contribution in [0.5, 0.6) is 0 Å². The van der Waals surface area contributed by atoms with Crippen LogP contribution in [0.25, 0.3) is 0 Å². The van der Waals surface area contributed by atoms with Crippen molar-refractivity contribution in [2.75, 3.05) is 18.0 Å². The van der Waals surface area contributed by atoms with Crippen molar-refractivity contribution < 1.29 is 4.79 Å². The van der Waals surface area contributed by atoms with E-state index >= 15 is 0 Å². The quantitative estimate of drug-likeness (QED) is 0.912. The zero-order valence-electron chi connectivity index (χ0n) is 13.8. The summed E-state index contributed by atoms with van der Waals surface area (Å²) in [7, 11) is 1.65. The van der Waals surface area contributed by atoms with Crippen LogP contribution in [-0.2, 0) is 11.8 Å². The number of nitrogens with one attached hydrogen (secondary N) is 1. The van der Waals surface area contributed by atoms with Crippen LogP contribution in [0.2, 0.25) is 0 Å². The van der Waals surface area contributed by atoms with Crippen molar-refractivity contribution in [3.8, 4) is 0 Å². The Morgan fingerprint density at radius 1 is 1.26 bits per heavy atom. The van der Waals surface area contributed by atoms with Gasteiger partial charge in [0.25, 0.3) is 5.56 Å². The van der Waals surface area contributed by atoms with Crippen molar-refractivity contribution in [3.05, 3.63) is 22.6 Å². The molecule has 1 aromatic heterocycles. The molecule has 1 saturated carbocycles. The Balaban J connectivity index is 1.47. The predicted molar refractivity (Wildman–Crippen MR) is 89.4 cm³/mol. The molecule has 2 aliphatic rings. The Kier molecular flexibility index (Phi) is 4.98. The van der Waals surface area contributed by atoms with E-state index in [2.05, 4.69) is 15.3 Å². The molecule has 1 aliphatic heterocycles. The predicted octanol–water partition coefficient (Wildman–Crippen LogP) is 1.45. The third kappa shape index (κ3) is 4.12. The standard InChI is InChI=1S/C17H26N4O2/c1-20-17(23)11-15(12-18-20)21-8-6-14(7-9-21)19-16(22)10-13-4-2-3-5-13/h11-14H,2-10H2,1H3,(H,19,22). The first kappa shape index (κ1) is 16.0. The number of hydrogen-bond donors (Lipinski definition) is 1. The SMILES string of the molecule is Cn1ncc(N2CCC(NC(=O)CC3CCCC3)CC2)cc1=O. The first-order valence-corrected chi connectivity index (χ1v) is 8.69.